The monoisotopic (exact) mass is 252 g/mol. The van der Waals surface area contributed by atoms with Crippen LogP contribution in [-0.4, -0.2) is 6.61 Å². The van der Waals surface area contributed by atoms with Crippen molar-refractivity contribution in [2.75, 3.05) is 6.61 Å². The van der Waals surface area contributed by atoms with Gasteiger partial charge in [0.05, 0.1) is 6.61 Å². The van der Waals surface area contributed by atoms with E-state index < -0.39 is 0 Å². The first-order chi connectivity index (χ1) is 9.18. The lowest BCUT2D eigenvalue weighted by molar-refractivity contribution is 0.270. The molecule has 0 saturated carbocycles. The van der Waals surface area contributed by atoms with Crippen LogP contribution in [0.25, 0.3) is 5.57 Å². The second kappa shape index (κ2) is 6.24. The first kappa shape index (κ1) is 13.4. The predicted octanol–water partition coefficient (Wildman–Crippen LogP) is 4.78. The third kappa shape index (κ3) is 3.47. The molecule has 0 bridgehead atoms. The van der Waals surface area contributed by atoms with E-state index in [1.165, 1.54) is 0 Å². The van der Waals surface area contributed by atoms with E-state index in [-0.39, 0.29) is 0 Å². The Balaban J connectivity index is 2.27. The molecule has 0 heterocycles. The lowest BCUT2D eigenvalue weighted by atomic mass is 9.99. The van der Waals surface area contributed by atoms with Crippen molar-refractivity contribution >= 4 is 5.57 Å². The van der Waals surface area contributed by atoms with Crippen LogP contribution in [0.2, 0.25) is 0 Å². The Morgan fingerprint density at radius 2 is 1.63 bits per heavy atom. The van der Waals surface area contributed by atoms with Crippen LogP contribution >= 0.6 is 0 Å². The molecule has 1 nitrogen and oxygen atoms in total. The molecule has 0 radical (unpaired) electrons. The summed E-state index contributed by atoms with van der Waals surface area (Å²) in [7, 11) is 0. The van der Waals surface area contributed by atoms with Crippen molar-refractivity contribution in [2.24, 2.45) is 5.92 Å². The second-order valence-electron chi connectivity index (χ2n) is 5.05. The summed E-state index contributed by atoms with van der Waals surface area (Å²) in [6.45, 7) is 9.22. The molecule has 0 fully saturated rings. The van der Waals surface area contributed by atoms with E-state index in [0.29, 0.717) is 5.92 Å². The number of ether oxygens (including phenoxy) is 1. The molecule has 0 aliphatic rings. The van der Waals surface area contributed by atoms with Crippen LogP contribution in [0.5, 0.6) is 5.75 Å². The highest BCUT2D eigenvalue weighted by atomic mass is 16.5. The maximum Gasteiger partial charge on any atom is 0.127 e. The van der Waals surface area contributed by atoms with Crippen molar-refractivity contribution in [2.45, 2.75) is 13.8 Å². The van der Waals surface area contributed by atoms with Gasteiger partial charge in [0.1, 0.15) is 5.75 Å². The molecule has 0 aromatic heterocycles. The van der Waals surface area contributed by atoms with Crippen LogP contribution in [0.1, 0.15) is 25.0 Å². The maximum atomic E-state index is 5.88. The fourth-order valence-electron chi connectivity index (χ4n) is 1.89. The first-order valence-corrected chi connectivity index (χ1v) is 6.65. The molecule has 1 heteroatoms. The Morgan fingerprint density at radius 3 is 2.32 bits per heavy atom. The van der Waals surface area contributed by atoms with Gasteiger partial charge < -0.3 is 4.74 Å². The van der Waals surface area contributed by atoms with Gasteiger partial charge in [0.25, 0.3) is 0 Å². The second-order valence-corrected chi connectivity index (χ2v) is 5.05. The highest BCUT2D eigenvalue weighted by Crippen LogP contribution is 2.29. The van der Waals surface area contributed by atoms with Gasteiger partial charge in [-0.3, -0.25) is 0 Å². The standard InChI is InChI=1S/C18H20O/c1-14(2)13-19-18-12-8-7-11-17(18)15(3)16-9-5-4-6-10-16/h4-12,14H,3,13H2,1-2H3. The fraction of sp³-hybridized carbons (Fsp3) is 0.222. The van der Waals surface area contributed by atoms with Crippen molar-refractivity contribution in [1.82, 2.24) is 0 Å². The van der Waals surface area contributed by atoms with Crippen LogP contribution in [0.4, 0.5) is 0 Å². The Labute approximate surface area is 115 Å². The zero-order chi connectivity index (χ0) is 13.7. The van der Waals surface area contributed by atoms with Gasteiger partial charge >= 0.3 is 0 Å². The minimum atomic E-state index is 0.512. The zero-order valence-electron chi connectivity index (χ0n) is 11.6. The molecular weight excluding hydrogens is 232 g/mol. The molecule has 0 N–H and O–H groups in total. The van der Waals surface area contributed by atoms with Gasteiger partial charge in [0.15, 0.2) is 0 Å². The quantitative estimate of drug-likeness (QED) is 0.744. The van der Waals surface area contributed by atoms with E-state index in [4.69, 9.17) is 4.74 Å². The van der Waals surface area contributed by atoms with E-state index in [9.17, 15) is 0 Å². The van der Waals surface area contributed by atoms with Crippen molar-refractivity contribution in [3.63, 3.8) is 0 Å². The van der Waals surface area contributed by atoms with Crippen LogP contribution in [0.3, 0.4) is 0 Å². The van der Waals surface area contributed by atoms with Crippen molar-refractivity contribution in [3.8, 4) is 5.75 Å². The highest BCUT2D eigenvalue weighted by molar-refractivity contribution is 5.81. The summed E-state index contributed by atoms with van der Waals surface area (Å²) in [5.41, 5.74) is 3.19. The van der Waals surface area contributed by atoms with Crippen LogP contribution in [-0.2, 0) is 0 Å². The lowest BCUT2D eigenvalue weighted by Crippen LogP contribution is -2.06. The minimum absolute atomic E-state index is 0.512. The molecule has 0 aliphatic carbocycles. The summed E-state index contributed by atoms with van der Waals surface area (Å²) < 4.78 is 5.88. The highest BCUT2D eigenvalue weighted by Gasteiger charge is 2.08. The first-order valence-electron chi connectivity index (χ1n) is 6.65. The van der Waals surface area contributed by atoms with Crippen molar-refractivity contribution in [1.29, 1.82) is 0 Å². The third-order valence-corrected chi connectivity index (χ3v) is 2.91. The van der Waals surface area contributed by atoms with Gasteiger partial charge in [-0.1, -0.05) is 69.0 Å². The summed E-state index contributed by atoms with van der Waals surface area (Å²) >= 11 is 0. The normalized spacial score (nSPS) is 10.5. The Kier molecular flexibility index (Phi) is 4.40. The SMILES string of the molecule is C=C(c1ccccc1)c1ccccc1OCC(C)C. The van der Waals surface area contributed by atoms with Gasteiger partial charge in [-0.05, 0) is 23.1 Å². The predicted molar refractivity (Wildman–Crippen MR) is 81.4 cm³/mol. The third-order valence-electron chi connectivity index (χ3n) is 2.91. The van der Waals surface area contributed by atoms with E-state index in [0.717, 1.165) is 29.1 Å². The van der Waals surface area contributed by atoms with E-state index in [1.807, 2.05) is 36.4 Å². The molecule has 0 atom stereocenters. The molecule has 0 aliphatic heterocycles. The summed E-state index contributed by atoms with van der Waals surface area (Å²) in [6.07, 6.45) is 0. The average molecular weight is 252 g/mol. The Morgan fingerprint density at radius 1 is 1.00 bits per heavy atom. The molecule has 98 valence electrons. The number of hydrogen-bond donors (Lipinski definition) is 0. The molecule has 2 rings (SSSR count). The molecule has 0 amide bonds. The molecule has 2 aromatic rings. The van der Waals surface area contributed by atoms with Gasteiger partial charge in [0, 0.05) is 5.56 Å². The number of benzene rings is 2. The van der Waals surface area contributed by atoms with Gasteiger partial charge in [-0.2, -0.15) is 0 Å². The lowest BCUT2D eigenvalue weighted by Gasteiger charge is -2.14. The largest absolute Gasteiger partial charge is 0.493 e. The van der Waals surface area contributed by atoms with Crippen LogP contribution in [0.15, 0.2) is 61.2 Å². The van der Waals surface area contributed by atoms with Crippen molar-refractivity contribution < 1.29 is 4.74 Å². The van der Waals surface area contributed by atoms with E-state index in [1.54, 1.807) is 0 Å². The minimum Gasteiger partial charge on any atom is -0.493 e. The molecule has 0 saturated heterocycles. The van der Waals surface area contributed by atoms with Crippen molar-refractivity contribution in [3.05, 3.63) is 72.3 Å². The summed E-state index contributed by atoms with van der Waals surface area (Å²) in [5, 5.41) is 0. The smallest absolute Gasteiger partial charge is 0.127 e. The molecule has 0 spiro atoms. The maximum absolute atomic E-state index is 5.88. The van der Waals surface area contributed by atoms with Gasteiger partial charge in [0.2, 0.25) is 0 Å². The van der Waals surface area contributed by atoms with Gasteiger partial charge in [-0.15, -0.1) is 0 Å². The number of hydrogen-bond acceptors (Lipinski definition) is 1. The van der Waals surface area contributed by atoms with Crippen LogP contribution in [0, 0.1) is 5.92 Å². The Bertz CT molecular complexity index is 541. The van der Waals surface area contributed by atoms with E-state index >= 15 is 0 Å². The molecule has 2 aromatic carbocycles. The molecule has 0 unspecified atom stereocenters. The van der Waals surface area contributed by atoms with E-state index in [2.05, 4.69) is 38.6 Å². The van der Waals surface area contributed by atoms with Gasteiger partial charge in [-0.25, -0.2) is 0 Å². The molecular formula is C18H20O. The molecule has 19 heavy (non-hydrogen) atoms. The van der Waals surface area contributed by atoms with Crippen LogP contribution < -0.4 is 4.74 Å². The topological polar surface area (TPSA) is 9.23 Å². The summed E-state index contributed by atoms with van der Waals surface area (Å²) in [4.78, 5) is 0. The fourth-order valence-corrected chi connectivity index (χ4v) is 1.89. The summed E-state index contributed by atoms with van der Waals surface area (Å²) in [5.74, 6) is 1.42. The number of rotatable bonds is 5. The zero-order valence-corrected chi connectivity index (χ0v) is 11.6. The average Bonchev–Trinajstić information content (AvgIpc) is 2.45. The Hall–Kier alpha value is -2.02. The summed E-state index contributed by atoms with van der Waals surface area (Å²) in [6, 6.07) is 18.3. The number of para-hydroxylation sites is 1.